The number of carbonyl (C=O) groups excluding carboxylic acids is 2. The van der Waals surface area contributed by atoms with Gasteiger partial charge in [0.05, 0.1) is 24.2 Å². The molecule has 8 nitrogen and oxygen atoms in total. The fourth-order valence-electron chi connectivity index (χ4n) is 3.94. The lowest BCUT2D eigenvalue weighted by Crippen LogP contribution is -2.15. The standard InChI is InChI=1S/C25H24N6O2S2/c32-24(14-20-3-1-9-34-20)26-22-7-5-18(28-30-22)12-16-11-17(16)13-19-6-8-23(31-29-19)27-25(33)15-21-4-2-10-35-21/h1-10,16-17H,11-15H2,(H,26,30,32)(H,27,31,33). The fraction of sp³-hybridized carbons (Fsp3) is 0.280. The monoisotopic (exact) mass is 504 g/mol. The van der Waals surface area contributed by atoms with Crippen molar-refractivity contribution in [2.75, 3.05) is 10.6 Å². The summed E-state index contributed by atoms with van der Waals surface area (Å²) in [6.45, 7) is 0. The van der Waals surface area contributed by atoms with Crippen LogP contribution in [0.5, 0.6) is 0 Å². The molecule has 35 heavy (non-hydrogen) atoms. The van der Waals surface area contributed by atoms with Crippen molar-refractivity contribution in [2.24, 2.45) is 11.8 Å². The van der Waals surface area contributed by atoms with E-state index in [0.29, 0.717) is 36.3 Å². The Morgan fingerprint density at radius 1 is 0.714 bits per heavy atom. The second-order valence-electron chi connectivity index (χ2n) is 8.59. The van der Waals surface area contributed by atoms with Crippen LogP contribution in [0.2, 0.25) is 0 Å². The van der Waals surface area contributed by atoms with E-state index < -0.39 is 0 Å². The molecule has 4 aromatic heterocycles. The normalized spacial score (nSPS) is 16.6. The Balaban J connectivity index is 1.05. The number of nitrogens with zero attached hydrogens (tertiary/aromatic N) is 4. The number of hydrogen-bond acceptors (Lipinski definition) is 8. The van der Waals surface area contributed by atoms with E-state index in [9.17, 15) is 9.59 Å². The van der Waals surface area contributed by atoms with Gasteiger partial charge in [-0.2, -0.15) is 10.2 Å². The van der Waals surface area contributed by atoms with Gasteiger partial charge in [0, 0.05) is 9.75 Å². The molecule has 1 fully saturated rings. The summed E-state index contributed by atoms with van der Waals surface area (Å²) >= 11 is 3.12. The maximum absolute atomic E-state index is 12.1. The molecule has 0 aromatic carbocycles. The molecule has 10 heteroatoms. The highest BCUT2D eigenvalue weighted by atomic mass is 32.1. The van der Waals surface area contributed by atoms with E-state index >= 15 is 0 Å². The first-order valence-electron chi connectivity index (χ1n) is 11.4. The highest BCUT2D eigenvalue weighted by molar-refractivity contribution is 7.10. The number of hydrogen-bond donors (Lipinski definition) is 2. The number of carbonyl (C=O) groups is 2. The van der Waals surface area contributed by atoms with E-state index in [2.05, 4.69) is 31.0 Å². The third-order valence-electron chi connectivity index (χ3n) is 5.82. The zero-order valence-corrected chi connectivity index (χ0v) is 20.5. The van der Waals surface area contributed by atoms with Crippen molar-refractivity contribution in [1.29, 1.82) is 0 Å². The van der Waals surface area contributed by atoms with Gasteiger partial charge in [0.1, 0.15) is 0 Å². The summed E-state index contributed by atoms with van der Waals surface area (Å²) < 4.78 is 0. The molecule has 4 heterocycles. The predicted molar refractivity (Wildman–Crippen MR) is 136 cm³/mol. The van der Waals surface area contributed by atoms with Gasteiger partial charge in [-0.3, -0.25) is 9.59 Å². The van der Waals surface area contributed by atoms with Crippen LogP contribution in [0.15, 0.2) is 59.3 Å². The average Bonchev–Trinajstić information content (AvgIpc) is 3.21. The molecule has 178 valence electrons. The van der Waals surface area contributed by atoms with Gasteiger partial charge in [-0.15, -0.1) is 32.9 Å². The minimum absolute atomic E-state index is 0.0917. The SMILES string of the molecule is O=C(Cc1cccs1)Nc1ccc(CC2CC2Cc2ccc(NC(=O)Cc3cccs3)nn2)nn1. The van der Waals surface area contributed by atoms with Crippen LogP contribution < -0.4 is 10.6 Å². The van der Waals surface area contributed by atoms with Crippen LogP contribution in [0.4, 0.5) is 11.6 Å². The lowest BCUT2D eigenvalue weighted by atomic mass is 10.1. The minimum Gasteiger partial charge on any atom is -0.309 e. The van der Waals surface area contributed by atoms with Crippen LogP contribution >= 0.6 is 22.7 Å². The Morgan fingerprint density at radius 3 is 1.57 bits per heavy atom. The molecule has 0 spiro atoms. The Hall–Kier alpha value is -3.50. The number of aromatic nitrogens is 4. The van der Waals surface area contributed by atoms with E-state index in [0.717, 1.165) is 40.4 Å². The topological polar surface area (TPSA) is 110 Å². The van der Waals surface area contributed by atoms with Gasteiger partial charge >= 0.3 is 0 Å². The molecule has 2 atom stereocenters. The molecular weight excluding hydrogens is 480 g/mol. The Bertz CT molecular complexity index is 1160. The van der Waals surface area contributed by atoms with Crippen LogP contribution in [0.3, 0.4) is 0 Å². The number of amides is 2. The van der Waals surface area contributed by atoms with Crippen molar-refractivity contribution in [3.05, 3.63) is 80.4 Å². The molecule has 0 radical (unpaired) electrons. The smallest absolute Gasteiger partial charge is 0.230 e. The van der Waals surface area contributed by atoms with Gasteiger partial charge in [-0.25, -0.2) is 0 Å². The van der Waals surface area contributed by atoms with Crippen molar-refractivity contribution in [1.82, 2.24) is 20.4 Å². The first-order chi connectivity index (χ1) is 17.1. The van der Waals surface area contributed by atoms with Crippen molar-refractivity contribution >= 4 is 46.1 Å². The number of anilines is 2. The molecule has 0 bridgehead atoms. The lowest BCUT2D eigenvalue weighted by molar-refractivity contribution is -0.116. The summed E-state index contributed by atoms with van der Waals surface area (Å²) in [4.78, 5) is 26.2. The molecular formula is C25H24N6O2S2. The molecule has 1 aliphatic carbocycles. The van der Waals surface area contributed by atoms with Crippen molar-refractivity contribution < 1.29 is 9.59 Å². The molecule has 5 rings (SSSR count). The van der Waals surface area contributed by atoms with E-state index in [4.69, 9.17) is 0 Å². The highest BCUT2D eigenvalue weighted by Crippen LogP contribution is 2.42. The number of rotatable bonds is 10. The Morgan fingerprint density at radius 2 is 1.20 bits per heavy atom. The minimum atomic E-state index is -0.0917. The Kier molecular flexibility index (Phi) is 7.20. The second kappa shape index (κ2) is 10.8. The summed E-state index contributed by atoms with van der Waals surface area (Å²) in [5.41, 5.74) is 1.84. The third kappa shape index (κ3) is 6.77. The van der Waals surface area contributed by atoms with E-state index in [1.165, 1.54) is 0 Å². The first-order valence-corrected chi connectivity index (χ1v) is 13.2. The van der Waals surface area contributed by atoms with E-state index in [1.807, 2.05) is 59.3 Å². The van der Waals surface area contributed by atoms with Crippen LogP contribution in [-0.2, 0) is 35.3 Å². The summed E-state index contributed by atoms with van der Waals surface area (Å²) in [7, 11) is 0. The quantitative estimate of drug-likeness (QED) is 0.335. The molecule has 2 amide bonds. The molecule has 2 N–H and O–H groups in total. The molecule has 0 aliphatic heterocycles. The van der Waals surface area contributed by atoms with Crippen molar-refractivity contribution in [2.45, 2.75) is 32.1 Å². The maximum atomic E-state index is 12.1. The predicted octanol–water partition coefficient (Wildman–Crippen LogP) is 4.17. The molecule has 1 saturated carbocycles. The number of thiophene rings is 2. The second-order valence-corrected chi connectivity index (χ2v) is 10.7. The van der Waals surface area contributed by atoms with Crippen LogP contribution in [0, 0.1) is 11.8 Å². The van der Waals surface area contributed by atoms with Gasteiger partial charge in [0.2, 0.25) is 11.8 Å². The zero-order chi connectivity index (χ0) is 24.0. The molecule has 1 aliphatic rings. The largest absolute Gasteiger partial charge is 0.309 e. The van der Waals surface area contributed by atoms with Gasteiger partial charge < -0.3 is 10.6 Å². The van der Waals surface area contributed by atoms with Gasteiger partial charge in [-0.05, 0) is 78.3 Å². The summed E-state index contributed by atoms with van der Waals surface area (Å²) in [6.07, 6.45) is 3.51. The van der Waals surface area contributed by atoms with Gasteiger partial charge in [0.25, 0.3) is 0 Å². The van der Waals surface area contributed by atoms with Crippen molar-refractivity contribution in [3.8, 4) is 0 Å². The third-order valence-corrected chi connectivity index (χ3v) is 7.57. The van der Waals surface area contributed by atoms with Crippen molar-refractivity contribution in [3.63, 3.8) is 0 Å². The summed E-state index contributed by atoms with van der Waals surface area (Å²) in [6, 6.07) is 15.2. The van der Waals surface area contributed by atoms with E-state index in [1.54, 1.807) is 22.7 Å². The molecule has 2 unspecified atom stereocenters. The van der Waals surface area contributed by atoms with Gasteiger partial charge in [0.15, 0.2) is 11.6 Å². The molecule has 4 aromatic rings. The van der Waals surface area contributed by atoms with Crippen LogP contribution in [0.25, 0.3) is 0 Å². The lowest BCUT2D eigenvalue weighted by Gasteiger charge is -2.05. The fourth-order valence-corrected chi connectivity index (χ4v) is 5.34. The first kappa shape index (κ1) is 23.3. The van der Waals surface area contributed by atoms with Crippen LogP contribution in [0.1, 0.15) is 27.6 Å². The number of nitrogens with one attached hydrogen (secondary N) is 2. The van der Waals surface area contributed by atoms with Gasteiger partial charge in [-0.1, -0.05) is 12.1 Å². The summed E-state index contributed by atoms with van der Waals surface area (Å²) in [5, 5.41) is 26.4. The van der Waals surface area contributed by atoms with Crippen LogP contribution in [-0.4, -0.2) is 32.2 Å². The Labute approximate surface area is 210 Å². The highest BCUT2D eigenvalue weighted by Gasteiger charge is 2.37. The maximum Gasteiger partial charge on any atom is 0.230 e. The summed E-state index contributed by atoms with van der Waals surface area (Å²) in [5.74, 6) is 1.84. The average molecular weight is 505 g/mol. The molecule has 0 saturated heterocycles. The zero-order valence-electron chi connectivity index (χ0n) is 18.9. The van der Waals surface area contributed by atoms with E-state index in [-0.39, 0.29) is 11.8 Å².